The Hall–Kier alpha value is -2.70. The zero-order valence-corrected chi connectivity index (χ0v) is 13.5. The molecule has 2 heterocycles. The first-order valence-electron chi connectivity index (χ1n) is 7.23. The zero-order valence-electron chi connectivity index (χ0n) is 13.5. The van der Waals surface area contributed by atoms with E-state index in [2.05, 4.69) is 15.5 Å². The van der Waals surface area contributed by atoms with E-state index in [1.165, 1.54) is 6.07 Å². The minimum absolute atomic E-state index is 0.0683. The van der Waals surface area contributed by atoms with Crippen LogP contribution in [0.3, 0.4) is 0 Å². The topological polar surface area (TPSA) is 94.3 Å². The van der Waals surface area contributed by atoms with Crippen LogP contribution >= 0.6 is 0 Å². The molecule has 0 aliphatic rings. The Balaban J connectivity index is 2.31. The Bertz CT molecular complexity index is 716. The summed E-state index contributed by atoms with van der Waals surface area (Å²) in [6.45, 7) is 7.37. The molecule has 0 aliphatic carbocycles. The van der Waals surface area contributed by atoms with E-state index in [0.29, 0.717) is 17.1 Å². The maximum atomic E-state index is 12.1. The summed E-state index contributed by atoms with van der Waals surface area (Å²) in [4.78, 5) is 28.0. The summed E-state index contributed by atoms with van der Waals surface area (Å²) >= 11 is 0. The molecule has 7 nitrogen and oxygen atoms in total. The largest absolute Gasteiger partial charge is 0.461 e. The highest BCUT2D eigenvalue weighted by Gasteiger charge is 2.24. The molecule has 0 aromatic carbocycles. The highest BCUT2D eigenvalue weighted by molar-refractivity contribution is 5.97. The number of esters is 1. The van der Waals surface area contributed by atoms with Crippen molar-refractivity contribution in [2.24, 2.45) is 5.41 Å². The summed E-state index contributed by atoms with van der Waals surface area (Å²) in [7, 11) is 0. The Morgan fingerprint density at radius 2 is 2.09 bits per heavy atom. The van der Waals surface area contributed by atoms with Crippen molar-refractivity contribution in [2.75, 3.05) is 11.9 Å². The first kappa shape index (κ1) is 16.7. The Morgan fingerprint density at radius 3 is 2.74 bits per heavy atom. The second kappa shape index (κ2) is 6.60. The molecule has 0 unspecified atom stereocenters. The van der Waals surface area contributed by atoms with Crippen LogP contribution in [0.2, 0.25) is 0 Å². The number of hydrogen-bond acceptors (Lipinski definition) is 6. The quantitative estimate of drug-likeness (QED) is 0.871. The molecule has 0 spiro atoms. The third-order valence-electron chi connectivity index (χ3n) is 2.98. The van der Waals surface area contributed by atoms with Crippen molar-refractivity contribution in [3.8, 4) is 11.3 Å². The molecule has 0 fully saturated rings. The van der Waals surface area contributed by atoms with Gasteiger partial charge >= 0.3 is 5.97 Å². The fourth-order valence-electron chi connectivity index (χ4n) is 1.70. The van der Waals surface area contributed by atoms with Gasteiger partial charge in [-0.2, -0.15) is 0 Å². The minimum atomic E-state index is -0.563. The van der Waals surface area contributed by atoms with Crippen LogP contribution in [0.5, 0.6) is 0 Å². The number of hydrogen-bond donors (Lipinski definition) is 1. The second-order valence-corrected chi connectivity index (χ2v) is 5.90. The lowest BCUT2D eigenvalue weighted by Crippen LogP contribution is -2.28. The number of carbonyl (C=O) groups is 2. The molecule has 0 radical (unpaired) electrons. The average Bonchev–Trinajstić information content (AvgIpc) is 2.97. The number of nitrogens with zero attached hydrogens (tertiary/aromatic N) is 2. The van der Waals surface area contributed by atoms with Crippen molar-refractivity contribution >= 4 is 17.7 Å². The van der Waals surface area contributed by atoms with E-state index in [4.69, 9.17) is 9.26 Å². The maximum absolute atomic E-state index is 12.1. The van der Waals surface area contributed by atoms with Gasteiger partial charge in [0, 0.05) is 17.7 Å². The zero-order chi connectivity index (χ0) is 17.0. The van der Waals surface area contributed by atoms with E-state index in [1.807, 2.05) is 0 Å². The van der Waals surface area contributed by atoms with Crippen molar-refractivity contribution in [1.29, 1.82) is 0 Å². The molecule has 2 aromatic heterocycles. The van der Waals surface area contributed by atoms with Crippen LogP contribution in [0.25, 0.3) is 11.3 Å². The molecule has 0 saturated heterocycles. The summed E-state index contributed by atoms with van der Waals surface area (Å²) in [5, 5.41) is 6.45. The van der Waals surface area contributed by atoms with Gasteiger partial charge in [0.1, 0.15) is 5.82 Å². The molecule has 0 atom stereocenters. The van der Waals surface area contributed by atoms with Crippen LogP contribution in [0.1, 0.15) is 38.2 Å². The highest BCUT2D eigenvalue weighted by Crippen LogP contribution is 2.28. The summed E-state index contributed by atoms with van der Waals surface area (Å²) < 4.78 is 10.1. The van der Waals surface area contributed by atoms with Gasteiger partial charge in [-0.25, -0.2) is 9.78 Å². The minimum Gasteiger partial charge on any atom is -0.461 e. The van der Waals surface area contributed by atoms with Crippen LogP contribution in [-0.4, -0.2) is 28.6 Å². The van der Waals surface area contributed by atoms with Crippen molar-refractivity contribution in [1.82, 2.24) is 10.1 Å². The monoisotopic (exact) mass is 317 g/mol. The number of pyridine rings is 1. The van der Waals surface area contributed by atoms with Crippen molar-refractivity contribution in [2.45, 2.75) is 27.7 Å². The van der Waals surface area contributed by atoms with Crippen molar-refractivity contribution < 1.29 is 18.8 Å². The molecule has 0 bridgehead atoms. The van der Waals surface area contributed by atoms with Gasteiger partial charge in [0.05, 0.1) is 12.2 Å². The van der Waals surface area contributed by atoms with Gasteiger partial charge in [-0.05, 0) is 19.1 Å². The number of ether oxygens (including phenoxy) is 1. The average molecular weight is 317 g/mol. The lowest BCUT2D eigenvalue weighted by atomic mass is 9.95. The first-order chi connectivity index (χ1) is 10.8. The van der Waals surface area contributed by atoms with E-state index < -0.39 is 11.4 Å². The number of carbonyl (C=O) groups excluding carboxylic acids is 2. The Morgan fingerprint density at radius 1 is 1.35 bits per heavy atom. The SMILES string of the molecule is CCOC(=O)c1cc(-c2cccnc2NC(=O)C(C)(C)C)on1. The van der Waals surface area contributed by atoms with E-state index in [1.54, 1.807) is 46.0 Å². The smallest absolute Gasteiger partial charge is 0.360 e. The van der Waals surface area contributed by atoms with Gasteiger partial charge in [-0.1, -0.05) is 25.9 Å². The second-order valence-electron chi connectivity index (χ2n) is 5.90. The molecule has 2 aromatic rings. The molecule has 7 heteroatoms. The highest BCUT2D eigenvalue weighted by atomic mass is 16.5. The van der Waals surface area contributed by atoms with Gasteiger partial charge < -0.3 is 14.6 Å². The van der Waals surface area contributed by atoms with E-state index >= 15 is 0 Å². The third kappa shape index (κ3) is 3.94. The third-order valence-corrected chi connectivity index (χ3v) is 2.98. The maximum Gasteiger partial charge on any atom is 0.360 e. The van der Waals surface area contributed by atoms with E-state index in [0.717, 1.165) is 0 Å². The van der Waals surface area contributed by atoms with Crippen LogP contribution in [0.15, 0.2) is 28.9 Å². The van der Waals surface area contributed by atoms with Gasteiger partial charge in [-0.3, -0.25) is 4.79 Å². The number of anilines is 1. The van der Waals surface area contributed by atoms with Crippen LogP contribution in [0, 0.1) is 5.41 Å². The van der Waals surface area contributed by atoms with E-state index in [-0.39, 0.29) is 18.2 Å². The predicted molar refractivity (Wildman–Crippen MR) is 83.8 cm³/mol. The van der Waals surface area contributed by atoms with Gasteiger partial charge in [0.15, 0.2) is 11.5 Å². The fourth-order valence-corrected chi connectivity index (χ4v) is 1.70. The predicted octanol–water partition coefficient (Wildman–Crippen LogP) is 2.90. The standard InChI is InChI=1S/C16H19N3O4/c1-5-22-14(20)11-9-12(23-19-11)10-7-6-8-17-13(10)18-15(21)16(2,3)4/h6-9H,5H2,1-4H3,(H,17,18,21). The molecular weight excluding hydrogens is 298 g/mol. The normalized spacial score (nSPS) is 11.1. The molecular formula is C16H19N3O4. The van der Waals surface area contributed by atoms with Crippen LogP contribution in [-0.2, 0) is 9.53 Å². The number of aromatic nitrogens is 2. The van der Waals surface area contributed by atoms with E-state index in [9.17, 15) is 9.59 Å². The summed E-state index contributed by atoms with van der Waals surface area (Å²) in [5.41, 5.74) is 0.0405. The molecule has 2 rings (SSSR count). The molecule has 0 aliphatic heterocycles. The molecule has 0 saturated carbocycles. The molecule has 1 N–H and O–H groups in total. The van der Waals surface area contributed by atoms with Gasteiger partial charge in [0.2, 0.25) is 5.91 Å². The summed E-state index contributed by atoms with van der Waals surface area (Å²) in [5.74, 6) is -0.0707. The summed E-state index contributed by atoms with van der Waals surface area (Å²) in [6.07, 6.45) is 1.56. The first-order valence-corrected chi connectivity index (χ1v) is 7.23. The summed E-state index contributed by atoms with van der Waals surface area (Å²) in [6, 6.07) is 4.89. The lowest BCUT2D eigenvalue weighted by Gasteiger charge is -2.18. The van der Waals surface area contributed by atoms with Crippen LogP contribution in [0.4, 0.5) is 5.82 Å². The lowest BCUT2D eigenvalue weighted by molar-refractivity contribution is -0.123. The molecule has 122 valence electrons. The number of nitrogens with one attached hydrogen (secondary N) is 1. The van der Waals surface area contributed by atoms with Gasteiger partial charge in [-0.15, -0.1) is 0 Å². The number of rotatable bonds is 4. The van der Waals surface area contributed by atoms with Gasteiger partial charge in [0.25, 0.3) is 0 Å². The number of amides is 1. The van der Waals surface area contributed by atoms with Crippen LogP contribution < -0.4 is 5.32 Å². The molecule has 1 amide bonds. The Labute approximate surface area is 134 Å². The van der Waals surface area contributed by atoms with Crippen molar-refractivity contribution in [3.63, 3.8) is 0 Å². The molecule has 23 heavy (non-hydrogen) atoms. The fraction of sp³-hybridized carbons (Fsp3) is 0.375. The van der Waals surface area contributed by atoms with Crippen molar-refractivity contribution in [3.05, 3.63) is 30.1 Å². The Kier molecular flexibility index (Phi) is 4.78.